The first-order valence-corrected chi connectivity index (χ1v) is 9.84. The van der Waals surface area contributed by atoms with Crippen molar-refractivity contribution in [3.8, 4) is 0 Å². The Hall–Kier alpha value is -1.43. The Morgan fingerprint density at radius 2 is 1.88 bits per heavy atom. The van der Waals surface area contributed by atoms with E-state index in [9.17, 15) is 4.79 Å². The van der Waals surface area contributed by atoms with Crippen LogP contribution in [-0.4, -0.2) is 37.7 Å². The van der Waals surface area contributed by atoms with Crippen LogP contribution in [0.2, 0.25) is 0 Å². The standard InChI is InChI=1S/C21H30O5/c1-2-24-19(22)13-20-25-18(15-23-14-16-9-5-3-6-10-16)21(26-20)17-11-7-4-8-12-17/h3,5-6,9-10,17-18,20-21H,2,4,7-8,11-15H2,1H3/t18-,20?,21+/m1/s1. The number of hydrogen-bond donors (Lipinski definition) is 0. The zero-order chi connectivity index (χ0) is 18.2. The summed E-state index contributed by atoms with van der Waals surface area (Å²) in [5.41, 5.74) is 1.14. The highest BCUT2D eigenvalue weighted by Crippen LogP contribution is 2.35. The fourth-order valence-electron chi connectivity index (χ4n) is 3.90. The van der Waals surface area contributed by atoms with Gasteiger partial charge in [-0.3, -0.25) is 4.79 Å². The number of carbonyl (C=O) groups excluding carboxylic acids is 1. The van der Waals surface area contributed by atoms with Crippen molar-refractivity contribution in [2.75, 3.05) is 13.2 Å². The second-order valence-electron chi connectivity index (χ2n) is 7.11. The van der Waals surface area contributed by atoms with Gasteiger partial charge in [0.2, 0.25) is 0 Å². The van der Waals surface area contributed by atoms with E-state index in [2.05, 4.69) is 0 Å². The number of carbonyl (C=O) groups is 1. The molecule has 0 amide bonds. The van der Waals surface area contributed by atoms with Crippen LogP contribution in [0, 0.1) is 5.92 Å². The summed E-state index contributed by atoms with van der Waals surface area (Å²) < 4.78 is 23.1. The summed E-state index contributed by atoms with van der Waals surface area (Å²) in [5, 5.41) is 0. The van der Waals surface area contributed by atoms with Crippen LogP contribution in [0.25, 0.3) is 0 Å². The molecule has 2 aliphatic rings. The molecular formula is C21H30O5. The lowest BCUT2D eigenvalue weighted by atomic mass is 9.83. The molecule has 5 nitrogen and oxygen atoms in total. The topological polar surface area (TPSA) is 54.0 Å². The monoisotopic (exact) mass is 362 g/mol. The molecule has 0 radical (unpaired) electrons. The summed E-state index contributed by atoms with van der Waals surface area (Å²) in [6.07, 6.45) is 5.61. The molecule has 5 heteroatoms. The van der Waals surface area contributed by atoms with Gasteiger partial charge in [-0.2, -0.15) is 0 Å². The van der Waals surface area contributed by atoms with E-state index < -0.39 is 6.29 Å². The van der Waals surface area contributed by atoms with Crippen molar-refractivity contribution in [3.63, 3.8) is 0 Å². The van der Waals surface area contributed by atoms with Crippen molar-refractivity contribution >= 4 is 5.97 Å². The SMILES string of the molecule is CCOC(=O)CC1O[C@H](COCc2ccccc2)[C@H](C2CCCCC2)O1. The molecule has 0 aromatic heterocycles. The van der Waals surface area contributed by atoms with Crippen molar-refractivity contribution < 1.29 is 23.7 Å². The van der Waals surface area contributed by atoms with E-state index in [1.165, 1.54) is 19.3 Å². The van der Waals surface area contributed by atoms with E-state index in [0.29, 0.717) is 25.7 Å². The first-order chi connectivity index (χ1) is 12.8. The van der Waals surface area contributed by atoms with Crippen molar-refractivity contribution in [1.82, 2.24) is 0 Å². The summed E-state index contributed by atoms with van der Waals surface area (Å²) in [7, 11) is 0. The van der Waals surface area contributed by atoms with Crippen LogP contribution in [0.15, 0.2) is 30.3 Å². The van der Waals surface area contributed by atoms with Gasteiger partial charge < -0.3 is 18.9 Å². The summed E-state index contributed by atoms with van der Waals surface area (Å²) in [6, 6.07) is 10.1. The Morgan fingerprint density at radius 1 is 1.12 bits per heavy atom. The van der Waals surface area contributed by atoms with Crippen LogP contribution in [-0.2, 0) is 30.3 Å². The van der Waals surface area contributed by atoms with E-state index in [4.69, 9.17) is 18.9 Å². The second-order valence-corrected chi connectivity index (χ2v) is 7.11. The van der Waals surface area contributed by atoms with Crippen LogP contribution in [0.3, 0.4) is 0 Å². The minimum Gasteiger partial charge on any atom is -0.466 e. The van der Waals surface area contributed by atoms with Gasteiger partial charge in [0.1, 0.15) is 6.10 Å². The van der Waals surface area contributed by atoms with Gasteiger partial charge in [0.05, 0.1) is 32.3 Å². The highest BCUT2D eigenvalue weighted by atomic mass is 16.7. The zero-order valence-corrected chi connectivity index (χ0v) is 15.6. The molecule has 1 aliphatic carbocycles. The van der Waals surface area contributed by atoms with Gasteiger partial charge in [-0.1, -0.05) is 49.6 Å². The largest absolute Gasteiger partial charge is 0.466 e. The predicted octanol–water partition coefficient (Wildman–Crippen LogP) is 3.85. The zero-order valence-electron chi connectivity index (χ0n) is 15.6. The Kier molecular flexibility index (Phi) is 7.47. The molecule has 2 fully saturated rings. The van der Waals surface area contributed by atoms with Gasteiger partial charge >= 0.3 is 5.97 Å². The quantitative estimate of drug-likeness (QED) is 0.658. The van der Waals surface area contributed by atoms with Crippen molar-refractivity contribution in [2.24, 2.45) is 5.92 Å². The molecule has 1 aromatic carbocycles. The third kappa shape index (κ3) is 5.53. The number of rotatable bonds is 8. The molecule has 1 aromatic rings. The summed E-state index contributed by atoms with van der Waals surface area (Å²) in [4.78, 5) is 11.8. The van der Waals surface area contributed by atoms with Crippen LogP contribution in [0.1, 0.15) is 51.0 Å². The van der Waals surface area contributed by atoms with E-state index in [-0.39, 0.29) is 24.6 Å². The Labute approximate surface area is 156 Å². The number of esters is 1. The molecule has 3 rings (SSSR count). The first kappa shape index (κ1) is 19.3. The molecule has 0 N–H and O–H groups in total. The maximum Gasteiger partial charge on any atom is 0.310 e. The van der Waals surface area contributed by atoms with Crippen LogP contribution in [0.5, 0.6) is 0 Å². The molecule has 26 heavy (non-hydrogen) atoms. The summed E-state index contributed by atoms with van der Waals surface area (Å²) >= 11 is 0. The highest BCUT2D eigenvalue weighted by molar-refractivity contribution is 5.69. The maximum absolute atomic E-state index is 11.8. The Balaban J connectivity index is 1.55. The minimum absolute atomic E-state index is 0.00509. The predicted molar refractivity (Wildman–Crippen MR) is 97.5 cm³/mol. The van der Waals surface area contributed by atoms with Crippen molar-refractivity contribution in [1.29, 1.82) is 0 Å². The highest BCUT2D eigenvalue weighted by Gasteiger charge is 2.42. The number of hydrogen-bond acceptors (Lipinski definition) is 5. The number of benzene rings is 1. The van der Waals surface area contributed by atoms with E-state index in [0.717, 1.165) is 18.4 Å². The fourth-order valence-corrected chi connectivity index (χ4v) is 3.90. The molecular weight excluding hydrogens is 332 g/mol. The van der Waals surface area contributed by atoms with E-state index in [1.54, 1.807) is 6.92 Å². The van der Waals surface area contributed by atoms with Gasteiger partial charge in [0, 0.05) is 0 Å². The van der Waals surface area contributed by atoms with Crippen LogP contribution < -0.4 is 0 Å². The Morgan fingerprint density at radius 3 is 2.62 bits per heavy atom. The third-order valence-electron chi connectivity index (χ3n) is 5.15. The van der Waals surface area contributed by atoms with E-state index >= 15 is 0 Å². The van der Waals surface area contributed by atoms with Gasteiger partial charge in [-0.15, -0.1) is 0 Å². The molecule has 3 atom stereocenters. The third-order valence-corrected chi connectivity index (χ3v) is 5.15. The average Bonchev–Trinajstić information content (AvgIpc) is 3.06. The van der Waals surface area contributed by atoms with E-state index in [1.807, 2.05) is 30.3 Å². The molecule has 144 valence electrons. The fraction of sp³-hybridized carbons (Fsp3) is 0.667. The summed E-state index contributed by atoms with van der Waals surface area (Å²) in [6.45, 7) is 3.22. The smallest absolute Gasteiger partial charge is 0.310 e. The Bertz CT molecular complexity index is 541. The van der Waals surface area contributed by atoms with Crippen LogP contribution >= 0.6 is 0 Å². The molecule has 1 saturated carbocycles. The lowest BCUT2D eigenvalue weighted by Gasteiger charge is -2.29. The van der Waals surface area contributed by atoms with Gasteiger partial charge in [0.15, 0.2) is 6.29 Å². The van der Waals surface area contributed by atoms with Gasteiger partial charge in [0.25, 0.3) is 0 Å². The average molecular weight is 362 g/mol. The van der Waals surface area contributed by atoms with Gasteiger partial charge in [-0.25, -0.2) is 0 Å². The molecule has 1 unspecified atom stereocenters. The lowest BCUT2D eigenvalue weighted by molar-refractivity contribution is -0.154. The minimum atomic E-state index is -0.522. The lowest BCUT2D eigenvalue weighted by Crippen LogP contribution is -2.35. The molecule has 1 aliphatic heterocycles. The number of ether oxygens (including phenoxy) is 4. The maximum atomic E-state index is 11.8. The molecule has 0 bridgehead atoms. The second kappa shape index (κ2) is 10.0. The van der Waals surface area contributed by atoms with Crippen molar-refractivity contribution in [3.05, 3.63) is 35.9 Å². The summed E-state index contributed by atoms with van der Waals surface area (Å²) in [5.74, 6) is 0.215. The molecule has 1 heterocycles. The molecule has 0 spiro atoms. The van der Waals surface area contributed by atoms with Crippen molar-refractivity contribution in [2.45, 2.75) is 70.6 Å². The first-order valence-electron chi connectivity index (χ1n) is 9.84. The normalized spacial score (nSPS) is 26.7. The van der Waals surface area contributed by atoms with Gasteiger partial charge in [-0.05, 0) is 31.2 Å². The van der Waals surface area contributed by atoms with Crippen LogP contribution in [0.4, 0.5) is 0 Å². The molecule has 1 saturated heterocycles.